The summed E-state index contributed by atoms with van der Waals surface area (Å²) < 4.78 is 0. The lowest BCUT2D eigenvalue weighted by molar-refractivity contribution is 0.468. The number of rotatable bonds is 0. The van der Waals surface area contributed by atoms with Gasteiger partial charge in [0.15, 0.2) is 0 Å². The lowest BCUT2D eigenvalue weighted by atomic mass is 9.76. The van der Waals surface area contributed by atoms with Gasteiger partial charge in [0.05, 0.1) is 0 Å². The molecule has 0 bridgehead atoms. The average molecular weight is 160 g/mol. The third-order valence-corrected chi connectivity index (χ3v) is 2.96. The highest BCUT2D eigenvalue weighted by molar-refractivity contribution is 6.41. The zero-order chi connectivity index (χ0) is 9.46. The summed E-state index contributed by atoms with van der Waals surface area (Å²) in [5.74, 6) is 0.454. The molecule has 3 heteroatoms. The Morgan fingerprint density at radius 1 is 0.833 bits per heavy atom. The fourth-order valence-corrected chi connectivity index (χ4v) is 1.48. The predicted octanol–water partition coefficient (Wildman–Crippen LogP) is -1.17. The van der Waals surface area contributed by atoms with E-state index in [4.69, 9.17) is 0 Å². The smallest absolute Gasteiger partial charge is 0.140 e. The second kappa shape index (κ2) is 2.89. The van der Waals surface area contributed by atoms with Crippen LogP contribution in [0.4, 0.5) is 0 Å². The number of phenols is 1. The Bertz CT molecular complexity index is 227. The molecule has 1 N–H and O–H groups in total. The maximum absolute atomic E-state index is 9.69. The molecule has 0 aliphatic heterocycles. The van der Waals surface area contributed by atoms with E-state index in [1.165, 1.54) is 16.5 Å². The minimum Gasteiger partial charge on any atom is -0.507 e. The zero-order valence-electron chi connectivity index (χ0n) is 8.45. The topological polar surface area (TPSA) is 20.2 Å². The van der Waals surface area contributed by atoms with E-state index >= 15 is 0 Å². The maximum atomic E-state index is 9.69. The van der Waals surface area contributed by atoms with Gasteiger partial charge in [0.1, 0.15) is 21.4 Å². The molecule has 12 heavy (non-hydrogen) atoms. The van der Waals surface area contributed by atoms with Gasteiger partial charge in [0, 0.05) is 0 Å². The Morgan fingerprint density at radius 2 is 1.17 bits per heavy atom. The molecule has 1 aromatic rings. The van der Waals surface area contributed by atoms with Crippen molar-refractivity contribution in [2.24, 2.45) is 0 Å². The first-order valence-corrected chi connectivity index (χ1v) is 4.22. The summed E-state index contributed by atoms with van der Waals surface area (Å²) in [4.78, 5) is 0. The number of phenolic OH excluding ortho intramolecular Hbond substituents is 1. The second-order valence-corrected chi connectivity index (χ2v) is 3.47. The normalized spacial score (nSPS) is 10.2. The van der Waals surface area contributed by atoms with Crippen molar-refractivity contribution in [2.45, 2.75) is 20.8 Å². The molecule has 0 heterocycles. The largest absolute Gasteiger partial charge is 0.507 e. The van der Waals surface area contributed by atoms with Gasteiger partial charge in [-0.1, -0.05) is 16.5 Å². The van der Waals surface area contributed by atoms with Crippen LogP contribution in [0.25, 0.3) is 0 Å². The van der Waals surface area contributed by atoms with E-state index < -0.39 is 0 Å². The first-order valence-electron chi connectivity index (χ1n) is 4.22. The molecule has 1 aromatic carbocycles. The molecular formula is C9H14B2O. The Balaban J connectivity index is 3.60. The van der Waals surface area contributed by atoms with Crippen molar-refractivity contribution >= 4 is 26.6 Å². The van der Waals surface area contributed by atoms with Gasteiger partial charge in [-0.3, -0.25) is 0 Å². The molecule has 0 saturated heterocycles. The molecule has 0 atom stereocenters. The maximum Gasteiger partial charge on any atom is 0.140 e. The van der Waals surface area contributed by atoms with Crippen molar-refractivity contribution in [1.29, 1.82) is 0 Å². The molecule has 0 unspecified atom stereocenters. The Labute approximate surface area is 75.6 Å². The van der Waals surface area contributed by atoms with Gasteiger partial charge in [-0.15, -0.1) is 0 Å². The van der Waals surface area contributed by atoms with Gasteiger partial charge in [0.25, 0.3) is 0 Å². The van der Waals surface area contributed by atoms with Gasteiger partial charge in [-0.05, 0) is 31.9 Å². The molecular weight excluding hydrogens is 146 g/mol. The van der Waals surface area contributed by atoms with Gasteiger partial charge >= 0.3 is 0 Å². The van der Waals surface area contributed by atoms with Crippen molar-refractivity contribution < 1.29 is 5.11 Å². The summed E-state index contributed by atoms with van der Waals surface area (Å²) in [6.07, 6.45) is 0. The van der Waals surface area contributed by atoms with Crippen molar-refractivity contribution in [3.05, 3.63) is 16.7 Å². The highest BCUT2D eigenvalue weighted by atomic mass is 16.3. The highest BCUT2D eigenvalue weighted by Crippen LogP contribution is 2.17. The summed E-state index contributed by atoms with van der Waals surface area (Å²) in [5, 5.41) is 9.69. The van der Waals surface area contributed by atoms with Crippen LogP contribution in [-0.4, -0.2) is 20.8 Å². The van der Waals surface area contributed by atoms with Crippen LogP contribution in [0.5, 0.6) is 5.75 Å². The van der Waals surface area contributed by atoms with Crippen LogP contribution >= 0.6 is 0 Å². The second-order valence-electron chi connectivity index (χ2n) is 3.47. The van der Waals surface area contributed by atoms with E-state index in [-0.39, 0.29) is 0 Å². The van der Waals surface area contributed by atoms with Crippen LogP contribution < -0.4 is 10.9 Å². The summed E-state index contributed by atoms with van der Waals surface area (Å²) in [6, 6.07) is 0. The van der Waals surface area contributed by atoms with Gasteiger partial charge < -0.3 is 5.11 Å². The number of aromatic hydroxyl groups is 1. The Hall–Kier alpha value is -0.850. The monoisotopic (exact) mass is 160 g/mol. The minimum atomic E-state index is 0.454. The lowest BCUT2D eigenvalue weighted by Gasteiger charge is -2.14. The molecule has 0 spiro atoms. The first kappa shape index (κ1) is 9.24. The van der Waals surface area contributed by atoms with Gasteiger partial charge in [0.2, 0.25) is 0 Å². The summed E-state index contributed by atoms with van der Waals surface area (Å²) in [7, 11) is 4.10. The van der Waals surface area contributed by atoms with E-state index in [1.807, 2.05) is 13.8 Å². The molecule has 0 saturated carbocycles. The molecule has 0 aliphatic carbocycles. The molecule has 1 nitrogen and oxygen atoms in total. The molecule has 1 rings (SSSR count). The first-order chi connectivity index (χ1) is 5.46. The minimum absolute atomic E-state index is 0.454. The van der Waals surface area contributed by atoms with Crippen LogP contribution in [0.3, 0.4) is 0 Å². The molecule has 0 fully saturated rings. The standard InChI is InChI=1S/C9H14B2O/c1-4-7(10)5(2)9(12)6(3)8(4)11/h12H,10-11H2,1-3H3. The fourth-order valence-electron chi connectivity index (χ4n) is 1.48. The molecule has 0 aliphatic rings. The van der Waals surface area contributed by atoms with E-state index in [2.05, 4.69) is 22.6 Å². The molecule has 62 valence electrons. The molecule has 0 radical (unpaired) electrons. The Morgan fingerprint density at radius 3 is 1.50 bits per heavy atom. The third kappa shape index (κ3) is 1.13. The van der Waals surface area contributed by atoms with E-state index in [0.717, 1.165) is 11.1 Å². The number of benzene rings is 1. The zero-order valence-corrected chi connectivity index (χ0v) is 8.45. The van der Waals surface area contributed by atoms with Crippen molar-refractivity contribution in [3.8, 4) is 5.75 Å². The number of hydrogen-bond acceptors (Lipinski definition) is 1. The SMILES string of the molecule is Bc1c(C)c(B)c(C)c(O)c1C. The van der Waals surface area contributed by atoms with Crippen LogP contribution in [0, 0.1) is 20.8 Å². The lowest BCUT2D eigenvalue weighted by Crippen LogP contribution is -2.25. The number of hydrogen-bond donors (Lipinski definition) is 1. The quantitative estimate of drug-likeness (QED) is 0.474. The van der Waals surface area contributed by atoms with Crippen LogP contribution in [0.2, 0.25) is 0 Å². The summed E-state index contributed by atoms with van der Waals surface area (Å²) in [5.41, 5.74) is 5.72. The third-order valence-electron chi connectivity index (χ3n) is 2.96. The molecule has 0 aromatic heterocycles. The van der Waals surface area contributed by atoms with E-state index in [9.17, 15) is 5.11 Å². The summed E-state index contributed by atoms with van der Waals surface area (Å²) in [6.45, 7) is 6.03. The van der Waals surface area contributed by atoms with Crippen molar-refractivity contribution in [3.63, 3.8) is 0 Å². The van der Waals surface area contributed by atoms with Crippen molar-refractivity contribution in [1.82, 2.24) is 0 Å². The van der Waals surface area contributed by atoms with Gasteiger partial charge in [-0.25, -0.2) is 0 Å². The fraction of sp³-hybridized carbons (Fsp3) is 0.333. The highest BCUT2D eigenvalue weighted by Gasteiger charge is 2.09. The van der Waals surface area contributed by atoms with Gasteiger partial charge in [-0.2, -0.15) is 0 Å². The van der Waals surface area contributed by atoms with Crippen LogP contribution in [0.1, 0.15) is 16.7 Å². The predicted molar refractivity (Wildman–Crippen MR) is 58.7 cm³/mol. The summed E-state index contributed by atoms with van der Waals surface area (Å²) >= 11 is 0. The van der Waals surface area contributed by atoms with E-state index in [1.54, 1.807) is 0 Å². The van der Waals surface area contributed by atoms with Crippen LogP contribution in [-0.2, 0) is 0 Å². The van der Waals surface area contributed by atoms with E-state index in [0.29, 0.717) is 5.75 Å². The Kier molecular flexibility index (Phi) is 2.22. The average Bonchev–Trinajstić information content (AvgIpc) is 2.08. The van der Waals surface area contributed by atoms with Crippen molar-refractivity contribution in [2.75, 3.05) is 0 Å². The molecule has 0 amide bonds. The van der Waals surface area contributed by atoms with Crippen LogP contribution in [0.15, 0.2) is 0 Å².